The van der Waals surface area contributed by atoms with Crippen LogP contribution in [0.1, 0.15) is 5.56 Å². The van der Waals surface area contributed by atoms with Gasteiger partial charge in [-0.1, -0.05) is 6.07 Å². The third-order valence-electron chi connectivity index (χ3n) is 2.34. The fourth-order valence-corrected chi connectivity index (χ4v) is 1.57. The first-order valence-electron chi connectivity index (χ1n) is 5.05. The number of aromatic hydroxyl groups is 1. The molecule has 0 amide bonds. The number of aromatic nitrogens is 2. The van der Waals surface area contributed by atoms with E-state index in [1.165, 1.54) is 0 Å². The molecule has 0 atom stereocenters. The molecule has 88 valence electrons. The zero-order chi connectivity index (χ0) is 12.4. The molecule has 2 rings (SSSR count). The molecule has 0 aliphatic rings. The lowest BCUT2D eigenvalue weighted by molar-refractivity contribution is 0.415. The summed E-state index contributed by atoms with van der Waals surface area (Å²) in [7, 11) is 1.54. The van der Waals surface area contributed by atoms with Gasteiger partial charge in [0.05, 0.1) is 18.7 Å². The molecule has 0 aliphatic carbocycles. The second kappa shape index (κ2) is 4.29. The van der Waals surface area contributed by atoms with Crippen LogP contribution in [0.25, 0.3) is 11.4 Å². The Balaban J connectivity index is 2.63. The van der Waals surface area contributed by atoms with Gasteiger partial charge in [0.2, 0.25) is 5.88 Å². The van der Waals surface area contributed by atoms with Crippen LogP contribution < -0.4 is 10.3 Å². The van der Waals surface area contributed by atoms with Crippen molar-refractivity contribution in [2.45, 2.75) is 6.92 Å². The fourth-order valence-electron chi connectivity index (χ4n) is 1.57. The number of methoxy groups -OCH3 is 1. The van der Waals surface area contributed by atoms with E-state index in [1.807, 2.05) is 19.1 Å². The van der Waals surface area contributed by atoms with Crippen LogP contribution in [-0.4, -0.2) is 22.2 Å². The van der Waals surface area contributed by atoms with Gasteiger partial charge in [0, 0.05) is 0 Å². The van der Waals surface area contributed by atoms with Crippen molar-refractivity contribution in [1.82, 2.24) is 9.97 Å². The van der Waals surface area contributed by atoms with E-state index in [-0.39, 0.29) is 11.7 Å². The number of H-pyrrole nitrogens is 1. The minimum absolute atomic E-state index is 0.284. The van der Waals surface area contributed by atoms with E-state index in [4.69, 9.17) is 4.74 Å². The Morgan fingerprint density at radius 2 is 2.12 bits per heavy atom. The van der Waals surface area contributed by atoms with E-state index in [1.54, 1.807) is 13.2 Å². The van der Waals surface area contributed by atoms with Crippen molar-refractivity contribution >= 4 is 0 Å². The molecule has 5 nitrogen and oxygen atoms in total. The highest BCUT2D eigenvalue weighted by molar-refractivity contribution is 5.64. The first-order valence-corrected chi connectivity index (χ1v) is 5.05. The van der Waals surface area contributed by atoms with Crippen LogP contribution in [0, 0.1) is 6.92 Å². The van der Waals surface area contributed by atoms with Gasteiger partial charge in [-0.15, -0.1) is 0 Å². The SMILES string of the molecule is COc1cc(C)ccc1-c1nc(O)cc(=O)[nH]1. The molecule has 1 aromatic carbocycles. The Kier molecular flexibility index (Phi) is 2.82. The summed E-state index contributed by atoms with van der Waals surface area (Å²) in [5.74, 6) is 0.567. The summed E-state index contributed by atoms with van der Waals surface area (Å²) in [4.78, 5) is 17.7. The summed E-state index contributed by atoms with van der Waals surface area (Å²) in [5.41, 5.74) is 1.26. The Hall–Kier alpha value is -2.30. The van der Waals surface area contributed by atoms with Gasteiger partial charge in [0.15, 0.2) is 0 Å². The molecule has 0 unspecified atom stereocenters. The van der Waals surface area contributed by atoms with Crippen molar-refractivity contribution in [1.29, 1.82) is 0 Å². The van der Waals surface area contributed by atoms with Crippen LogP contribution in [0.5, 0.6) is 11.6 Å². The zero-order valence-electron chi connectivity index (χ0n) is 9.52. The van der Waals surface area contributed by atoms with Crippen molar-refractivity contribution in [3.8, 4) is 23.0 Å². The molecule has 0 spiro atoms. The molecule has 0 fully saturated rings. The number of aromatic amines is 1. The molecule has 0 saturated carbocycles. The number of nitrogens with zero attached hydrogens (tertiary/aromatic N) is 1. The minimum Gasteiger partial charge on any atom is -0.496 e. The lowest BCUT2D eigenvalue weighted by Gasteiger charge is -2.08. The number of ether oxygens (including phenoxy) is 1. The van der Waals surface area contributed by atoms with Crippen LogP contribution >= 0.6 is 0 Å². The third-order valence-corrected chi connectivity index (χ3v) is 2.34. The summed E-state index contributed by atoms with van der Waals surface area (Å²) in [6.07, 6.45) is 0. The maximum atomic E-state index is 11.3. The van der Waals surface area contributed by atoms with Crippen LogP contribution in [0.2, 0.25) is 0 Å². The molecule has 0 bridgehead atoms. The monoisotopic (exact) mass is 232 g/mol. The number of benzene rings is 1. The number of hydrogen-bond acceptors (Lipinski definition) is 4. The summed E-state index contributed by atoms with van der Waals surface area (Å²) < 4.78 is 5.22. The second-order valence-corrected chi connectivity index (χ2v) is 3.66. The van der Waals surface area contributed by atoms with Gasteiger partial charge in [-0.2, -0.15) is 4.98 Å². The highest BCUT2D eigenvalue weighted by Gasteiger charge is 2.09. The normalized spacial score (nSPS) is 10.2. The Morgan fingerprint density at radius 3 is 2.76 bits per heavy atom. The second-order valence-electron chi connectivity index (χ2n) is 3.66. The van der Waals surface area contributed by atoms with Crippen molar-refractivity contribution in [3.05, 3.63) is 40.2 Å². The minimum atomic E-state index is -0.407. The van der Waals surface area contributed by atoms with Crippen LogP contribution in [-0.2, 0) is 0 Å². The van der Waals surface area contributed by atoms with Crippen molar-refractivity contribution < 1.29 is 9.84 Å². The molecule has 5 heteroatoms. The summed E-state index contributed by atoms with van der Waals surface area (Å²) in [6, 6.07) is 6.51. The largest absolute Gasteiger partial charge is 0.496 e. The smallest absolute Gasteiger partial charge is 0.254 e. The number of nitrogens with one attached hydrogen (secondary N) is 1. The van der Waals surface area contributed by atoms with E-state index < -0.39 is 5.56 Å². The summed E-state index contributed by atoms with van der Waals surface area (Å²) in [5, 5.41) is 9.30. The average Bonchev–Trinajstić information content (AvgIpc) is 2.27. The lowest BCUT2D eigenvalue weighted by atomic mass is 10.1. The van der Waals surface area contributed by atoms with Crippen LogP contribution in [0.4, 0.5) is 0 Å². The van der Waals surface area contributed by atoms with Crippen molar-refractivity contribution in [2.75, 3.05) is 7.11 Å². The molecular formula is C12H12N2O3. The predicted octanol–water partition coefficient (Wildman–Crippen LogP) is 1.46. The van der Waals surface area contributed by atoms with Crippen LogP contribution in [0.15, 0.2) is 29.1 Å². The first-order chi connectivity index (χ1) is 8.10. The zero-order valence-corrected chi connectivity index (χ0v) is 9.52. The third kappa shape index (κ3) is 2.28. The standard InChI is InChI=1S/C12H12N2O3/c1-7-3-4-8(9(5-7)17-2)12-13-10(15)6-11(16)14-12/h3-6H,1-2H3,(H2,13,14,15,16). The molecule has 0 radical (unpaired) electrons. The van der Waals surface area contributed by atoms with E-state index in [9.17, 15) is 9.90 Å². The maximum absolute atomic E-state index is 11.3. The van der Waals surface area contributed by atoms with E-state index in [0.717, 1.165) is 11.6 Å². The first kappa shape index (κ1) is 11.2. The van der Waals surface area contributed by atoms with Gasteiger partial charge >= 0.3 is 0 Å². The maximum Gasteiger partial charge on any atom is 0.254 e. The lowest BCUT2D eigenvalue weighted by Crippen LogP contribution is -2.07. The van der Waals surface area contributed by atoms with E-state index in [2.05, 4.69) is 9.97 Å². The number of hydrogen-bond donors (Lipinski definition) is 2. The van der Waals surface area contributed by atoms with Crippen molar-refractivity contribution in [3.63, 3.8) is 0 Å². The Bertz CT molecular complexity index is 605. The molecule has 0 saturated heterocycles. The van der Waals surface area contributed by atoms with Gasteiger partial charge < -0.3 is 14.8 Å². The molecule has 0 aliphatic heterocycles. The number of aryl methyl sites for hydroxylation is 1. The van der Waals surface area contributed by atoms with Gasteiger partial charge in [-0.3, -0.25) is 4.79 Å². The summed E-state index contributed by atoms with van der Waals surface area (Å²) in [6.45, 7) is 1.94. The number of rotatable bonds is 2. The van der Waals surface area contributed by atoms with Gasteiger partial charge in [0.25, 0.3) is 5.56 Å². The fraction of sp³-hybridized carbons (Fsp3) is 0.167. The topological polar surface area (TPSA) is 75.2 Å². The van der Waals surface area contributed by atoms with Gasteiger partial charge in [0.1, 0.15) is 11.6 Å². The van der Waals surface area contributed by atoms with Crippen LogP contribution in [0.3, 0.4) is 0 Å². The quantitative estimate of drug-likeness (QED) is 0.821. The Morgan fingerprint density at radius 1 is 1.35 bits per heavy atom. The summed E-state index contributed by atoms with van der Waals surface area (Å²) >= 11 is 0. The molecule has 17 heavy (non-hydrogen) atoms. The van der Waals surface area contributed by atoms with E-state index in [0.29, 0.717) is 11.3 Å². The van der Waals surface area contributed by atoms with E-state index >= 15 is 0 Å². The van der Waals surface area contributed by atoms with Gasteiger partial charge in [-0.05, 0) is 24.6 Å². The highest BCUT2D eigenvalue weighted by Crippen LogP contribution is 2.28. The van der Waals surface area contributed by atoms with Gasteiger partial charge in [-0.25, -0.2) is 0 Å². The molecule has 2 N–H and O–H groups in total. The van der Waals surface area contributed by atoms with Crippen molar-refractivity contribution in [2.24, 2.45) is 0 Å². The highest BCUT2D eigenvalue weighted by atomic mass is 16.5. The molecule has 1 aromatic heterocycles. The average molecular weight is 232 g/mol. The Labute approximate surface area is 97.7 Å². The predicted molar refractivity (Wildman–Crippen MR) is 63.2 cm³/mol. The molecular weight excluding hydrogens is 220 g/mol. The molecule has 2 aromatic rings. The molecule has 1 heterocycles.